The van der Waals surface area contributed by atoms with Gasteiger partial charge in [-0.2, -0.15) is 0 Å². The molecule has 1 aliphatic rings. The smallest absolute Gasteiger partial charge is 0.407 e. The summed E-state index contributed by atoms with van der Waals surface area (Å²) in [5.74, 6) is -0.0544. The molecule has 43 heavy (non-hydrogen) atoms. The lowest BCUT2D eigenvalue weighted by Gasteiger charge is -2.37. The Morgan fingerprint density at radius 1 is 0.698 bits per heavy atom. The molecule has 0 heterocycles. The average molecular weight is 570 g/mol. The molecule has 216 valence electrons. The number of aliphatic hydroxyl groups is 1. The zero-order valence-electron chi connectivity index (χ0n) is 24.1. The van der Waals surface area contributed by atoms with Crippen LogP contribution in [0, 0.1) is 0 Å². The summed E-state index contributed by atoms with van der Waals surface area (Å²) in [7, 11) is 0. The Balaban J connectivity index is 1.23. The number of rotatable bonds is 10. The van der Waals surface area contributed by atoms with Crippen LogP contribution in [-0.2, 0) is 15.1 Å². The summed E-state index contributed by atoms with van der Waals surface area (Å²) in [6.45, 7) is 1.88. The third-order valence-electron chi connectivity index (χ3n) is 8.25. The molecule has 5 aromatic rings. The van der Waals surface area contributed by atoms with Crippen molar-refractivity contribution < 1.29 is 19.4 Å². The van der Waals surface area contributed by atoms with Crippen molar-refractivity contribution in [2.75, 3.05) is 13.2 Å². The number of ether oxygens (including phenoxy) is 2. The average Bonchev–Trinajstić information content (AvgIpc) is 3.38. The second-order valence-corrected chi connectivity index (χ2v) is 10.9. The van der Waals surface area contributed by atoms with Gasteiger partial charge in [-0.25, -0.2) is 4.79 Å². The van der Waals surface area contributed by atoms with Gasteiger partial charge < -0.3 is 19.9 Å². The molecule has 1 aliphatic carbocycles. The lowest BCUT2D eigenvalue weighted by Crippen LogP contribution is -2.48. The van der Waals surface area contributed by atoms with Crippen molar-refractivity contribution in [2.45, 2.75) is 30.6 Å². The van der Waals surface area contributed by atoms with Crippen LogP contribution in [0.15, 0.2) is 140 Å². The van der Waals surface area contributed by atoms with Gasteiger partial charge in [0.15, 0.2) is 0 Å². The fourth-order valence-corrected chi connectivity index (χ4v) is 6.08. The molecule has 1 amide bonds. The van der Waals surface area contributed by atoms with Crippen LogP contribution < -0.4 is 5.32 Å². The molecule has 0 saturated heterocycles. The Bertz CT molecular complexity index is 1510. The standard InChI is InChI=1S/C38H35NO4/c1-27(40)36(39-37(41)42-25-35-33-23-13-11-21-31(33)32-22-12-14-24-34(32)35)26-43-38(28-15-5-2-6-16-28,29-17-7-3-8-18-29)30-19-9-4-10-20-30/h2-24,27,35-36,40H,25-26H2,1H3,(H,39,41). The molecule has 5 nitrogen and oxygen atoms in total. The van der Waals surface area contributed by atoms with Crippen molar-refractivity contribution in [3.63, 3.8) is 0 Å². The number of fused-ring (bicyclic) bond motifs is 3. The minimum atomic E-state index is -0.972. The number of aliphatic hydroxyl groups excluding tert-OH is 1. The van der Waals surface area contributed by atoms with Gasteiger partial charge in [0.05, 0.1) is 18.8 Å². The molecule has 2 N–H and O–H groups in total. The van der Waals surface area contributed by atoms with E-state index in [-0.39, 0.29) is 19.1 Å². The summed E-state index contributed by atoms with van der Waals surface area (Å²) in [6, 6.07) is 45.8. The van der Waals surface area contributed by atoms with Crippen LogP contribution in [0.1, 0.15) is 40.7 Å². The van der Waals surface area contributed by atoms with Gasteiger partial charge in [-0.15, -0.1) is 0 Å². The summed E-state index contributed by atoms with van der Waals surface area (Å²) in [5, 5.41) is 13.6. The second-order valence-electron chi connectivity index (χ2n) is 10.9. The Morgan fingerprint density at radius 2 is 1.12 bits per heavy atom. The van der Waals surface area contributed by atoms with E-state index in [1.807, 2.05) is 115 Å². The molecule has 0 aromatic heterocycles. The number of carbonyl (C=O) groups is 1. The molecule has 5 heteroatoms. The van der Waals surface area contributed by atoms with Crippen molar-refractivity contribution in [2.24, 2.45) is 0 Å². The quantitative estimate of drug-likeness (QED) is 0.174. The Labute approximate surface area is 252 Å². The number of alkyl carbamates (subject to hydrolysis) is 1. The van der Waals surface area contributed by atoms with Crippen LogP contribution in [0.25, 0.3) is 11.1 Å². The minimum Gasteiger partial charge on any atom is -0.449 e. The summed E-state index contributed by atoms with van der Waals surface area (Å²) in [4.78, 5) is 13.2. The van der Waals surface area contributed by atoms with Crippen LogP contribution >= 0.6 is 0 Å². The maximum atomic E-state index is 13.2. The maximum absolute atomic E-state index is 13.2. The molecule has 0 bridgehead atoms. The van der Waals surface area contributed by atoms with Crippen molar-refractivity contribution in [1.82, 2.24) is 5.32 Å². The SMILES string of the molecule is CC(O)C(COC(c1ccccc1)(c1ccccc1)c1ccccc1)NC(=O)OCC1c2ccccc2-c2ccccc21. The maximum Gasteiger partial charge on any atom is 0.407 e. The van der Waals surface area contributed by atoms with Crippen molar-refractivity contribution in [1.29, 1.82) is 0 Å². The van der Waals surface area contributed by atoms with E-state index in [1.54, 1.807) is 6.92 Å². The molecule has 6 rings (SSSR count). The van der Waals surface area contributed by atoms with Gasteiger partial charge in [0.2, 0.25) is 0 Å². The third kappa shape index (κ3) is 5.70. The van der Waals surface area contributed by atoms with Crippen LogP contribution in [-0.4, -0.2) is 36.6 Å². The monoisotopic (exact) mass is 569 g/mol. The molecular formula is C38H35NO4. The van der Waals surface area contributed by atoms with E-state index in [4.69, 9.17) is 9.47 Å². The molecule has 0 aliphatic heterocycles. The lowest BCUT2D eigenvalue weighted by molar-refractivity contribution is -0.0207. The van der Waals surface area contributed by atoms with Gasteiger partial charge >= 0.3 is 6.09 Å². The number of hydrogen-bond donors (Lipinski definition) is 2. The number of carbonyl (C=O) groups excluding carboxylic acids is 1. The van der Waals surface area contributed by atoms with Gasteiger partial charge in [0.1, 0.15) is 12.2 Å². The fraction of sp³-hybridized carbons (Fsp3) is 0.184. The van der Waals surface area contributed by atoms with E-state index in [9.17, 15) is 9.90 Å². The molecule has 2 atom stereocenters. The summed E-state index contributed by atoms with van der Waals surface area (Å²) >= 11 is 0. The minimum absolute atomic E-state index is 0.0422. The van der Waals surface area contributed by atoms with Crippen LogP contribution in [0.2, 0.25) is 0 Å². The highest BCUT2D eigenvalue weighted by Gasteiger charge is 2.39. The Hall–Kier alpha value is -4.71. The summed E-state index contributed by atoms with van der Waals surface area (Å²) in [6.07, 6.45) is -1.48. The summed E-state index contributed by atoms with van der Waals surface area (Å²) < 4.78 is 12.6. The highest BCUT2D eigenvalue weighted by atomic mass is 16.6. The van der Waals surface area contributed by atoms with E-state index >= 15 is 0 Å². The first-order valence-corrected chi connectivity index (χ1v) is 14.7. The van der Waals surface area contributed by atoms with Crippen LogP contribution in [0.3, 0.4) is 0 Å². The number of nitrogens with one attached hydrogen (secondary N) is 1. The van der Waals surface area contributed by atoms with E-state index in [0.717, 1.165) is 27.8 Å². The van der Waals surface area contributed by atoms with E-state index < -0.39 is 23.8 Å². The zero-order chi connectivity index (χ0) is 29.6. The molecule has 2 unspecified atom stereocenters. The van der Waals surface area contributed by atoms with Gasteiger partial charge in [-0.1, -0.05) is 140 Å². The molecule has 5 aromatic carbocycles. The molecule has 0 radical (unpaired) electrons. The topological polar surface area (TPSA) is 67.8 Å². The van der Waals surface area contributed by atoms with E-state index in [2.05, 4.69) is 29.6 Å². The van der Waals surface area contributed by atoms with Gasteiger partial charge in [0.25, 0.3) is 0 Å². The lowest BCUT2D eigenvalue weighted by atomic mass is 9.80. The van der Waals surface area contributed by atoms with E-state index in [1.165, 1.54) is 11.1 Å². The highest BCUT2D eigenvalue weighted by molar-refractivity contribution is 5.79. The number of amides is 1. The highest BCUT2D eigenvalue weighted by Crippen LogP contribution is 2.44. The van der Waals surface area contributed by atoms with Crippen LogP contribution in [0.4, 0.5) is 4.79 Å². The molecule has 0 fully saturated rings. The number of benzene rings is 5. The zero-order valence-corrected chi connectivity index (χ0v) is 24.1. The second kappa shape index (κ2) is 12.7. The Morgan fingerprint density at radius 3 is 1.56 bits per heavy atom. The van der Waals surface area contributed by atoms with Gasteiger partial charge in [-0.05, 0) is 45.9 Å². The largest absolute Gasteiger partial charge is 0.449 e. The Kier molecular flexibility index (Phi) is 8.36. The predicted molar refractivity (Wildman–Crippen MR) is 169 cm³/mol. The normalized spacial score (nSPS) is 13.9. The molecule has 0 spiro atoms. The van der Waals surface area contributed by atoms with Crippen LogP contribution in [0.5, 0.6) is 0 Å². The fourth-order valence-electron chi connectivity index (χ4n) is 6.08. The third-order valence-corrected chi connectivity index (χ3v) is 8.25. The van der Waals surface area contributed by atoms with Crippen molar-refractivity contribution >= 4 is 6.09 Å². The van der Waals surface area contributed by atoms with E-state index in [0.29, 0.717) is 0 Å². The number of hydrogen-bond acceptors (Lipinski definition) is 4. The van der Waals surface area contributed by atoms with Crippen molar-refractivity contribution in [3.05, 3.63) is 167 Å². The van der Waals surface area contributed by atoms with Crippen molar-refractivity contribution in [3.8, 4) is 11.1 Å². The van der Waals surface area contributed by atoms with Gasteiger partial charge in [0, 0.05) is 5.92 Å². The predicted octanol–water partition coefficient (Wildman–Crippen LogP) is 7.28. The summed E-state index contributed by atoms with van der Waals surface area (Å²) in [5.41, 5.74) is 6.48. The first-order valence-electron chi connectivity index (χ1n) is 14.7. The molecular weight excluding hydrogens is 534 g/mol. The van der Waals surface area contributed by atoms with Gasteiger partial charge in [-0.3, -0.25) is 0 Å². The first-order chi connectivity index (χ1) is 21.1. The molecule has 0 saturated carbocycles. The first kappa shape index (κ1) is 28.4.